The molecule has 12 heavy (non-hydrogen) atoms. The first kappa shape index (κ1) is 11.6. The summed E-state index contributed by atoms with van der Waals surface area (Å²) in [5, 5.41) is 9.33. The van der Waals surface area contributed by atoms with E-state index in [9.17, 15) is 5.11 Å². The second kappa shape index (κ2) is 7.28. The van der Waals surface area contributed by atoms with Crippen molar-refractivity contribution < 1.29 is 9.84 Å². The lowest BCUT2D eigenvalue weighted by molar-refractivity contribution is 0.0436. The Morgan fingerprint density at radius 2 is 2.33 bits per heavy atom. The molecule has 0 aliphatic heterocycles. The highest BCUT2D eigenvalue weighted by atomic mass is 16.5. The Hall–Kier alpha value is -0.380. The average molecular weight is 173 g/mol. The van der Waals surface area contributed by atoms with Crippen molar-refractivity contribution in [3.63, 3.8) is 0 Å². The van der Waals surface area contributed by atoms with Crippen molar-refractivity contribution in [1.82, 2.24) is 4.90 Å². The van der Waals surface area contributed by atoms with E-state index < -0.39 is 0 Å². The van der Waals surface area contributed by atoms with Gasteiger partial charge in [0.05, 0.1) is 12.7 Å². The summed E-state index contributed by atoms with van der Waals surface area (Å²) in [5.41, 5.74) is 0. The third-order valence-electron chi connectivity index (χ3n) is 1.60. The number of aliphatic hydroxyl groups excluding tert-OH is 1. The van der Waals surface area contributed by atoms with Crippen molar-refractivity contribution in [3.8, 4) is 0 Å². The lowest BCUT2D eigenvalue weighted by Crippen LogP contribution is -2.32. The normalized spacial score (nSPS) is 13.3. The van der Waals surface area contributed by atoms with Gasteiger partial charge in [0, 0.05) is 20.2 Å². The predicted octanol–water partition coefficient (Wildman–Crippen LogP) is 0.502. The summed E-state index contributed by atoms with van der Waals surface area (Å²) >= 11 is 0. The van der Waals surface area contributed by atoms with Crippen molar-refractivity contribution in [2.75, 3.05) is 33.9 Å². The molecule has 0 aliphatic rings. The molecule has 3 nitrogen and oxygen atoms in total. The maximum atomic E-state index is 9.33. The molecule has 0 aromatic carbocycles. The first-order valence-electron chi connectivity index (χ1n) is 4.17. The number of likely N-dealkylation sites (N-methyl/N-ethyl adjacent to an activating group) is 1. The highest BCUT2D eigenvalue weighted by Gasteiger charge is 2.06. The molecule has 0 aromatic heterocycles. The zero-order valence-electron chi connectivity index (χ0n) is 7.99. The number of ether oxygens (including phenoxy) is 1. The lowest BCUT2D eigenvalue weighted by atomic mass is 10.3. The van der Waals surface area contributed by atoms with Crippen LogP contribution >= 0.6 is 0 Å². The van der Waals surface area contributed by atoms with E-state index in [4.69, 9.17) is 4.74 Å². The molecular weight excluding hydrogens is 154 g/mol. The van der Waals surface area contributed by atoms with Gasteiger partial charge in [-0.05, 0) is 13.5 Å². The number of hydrogen-bond donors (Lipinski definition) is 1. The molecule has 0 heterocycles. The maximum absolute atomic E-state index is 9.33. The third-order valence-corrected chi connectivity index (χ3v) is 1.60. The number of rotatable bonds is 7. The Balaban J connectivity index is 3.39. The minimum atomic E-state index is -0.384. The Morgan fingerprint density at radius 3 is 2.83 bits per heavy atom. The molecule has 1 unspecified atom stereocenters. The van der Waals surface area contributed by atoms with Crippen LogP contribution in [0.5, 0.6) is 0 Å². The van der Waals surface area contributed by atoms with Crippen LogP contribution in [-0.4, -0.2) is 50.0 Å². The zero-order valence-corrected chi connectivity index (χ0v) is 7.99. The van der Waals surface area contributed by atoms with E-state index in [1.54, 1.807) is 7.11 Å². The van der Waals surface area contributed by atoms with Crippen LogP contribution in [0, 0.1) is 0 Å². The molecule has 72 valence electrons. The van der Waals surface area contributed by atoms with Gasteiger partial charge in [-0.15, -0.1) is 6.58 Å². The Bertz CT molecular complexity index is 117. The first-order valence-corrected chi connectivity index (χ1v) is 4.17. The first-order chi connectivity index (χ1) is 5.70. The van der Waals surface area contributed by atoms with Crippen LogP contribution in [0.3, 0.4) is 0 Å². The van der Waals surface area contributed by atoms with Crippen molar-refractivity contribution in [1.29, 1.82) is 0 Å². The Kier molecular flexibility index (Phi) is 7.05. The topological polar surface area (TPSA) is 32.7 Å². The molecule has 0 aliphatic carbocycles. The number of hydrogen-bond acceptors (Lipinski definition) is 3. The van der Waals surface area contributed by atoms with Crippen molar-refractivity contribution in [2.45, 2.75) is 12.5 Å². The summed E-state index contributed by atoms with van der Waals surface area (Å²) in [6, 6.07) is 0. The van der Waals surface area contributed by atoms with E-state index in [1.165, 1.54) is 0 Å². The van der Waals surface area contributed by atoms with Crippen molar-refractivity contribution >= 4 is 0 Å². The molecule has 0 bridgehead atoms. The van der Waals surface area contributed by atoms with E-state index in [0.717, 1.165) is 13.0 Å². The van der Waals surface area contributed by atoms with Gasteiger partial charge in [-0.2, -0.15) is 0 Å². The van der Waals surface area contributed by atoms with Gasteiger partial charge in [0.25, 0.3) is 0 Å². The standard InChI is InChI=1S/C9H19NO2/c1-4-5-6-10(2)7-9(11)8-12-3/h4,9,11H,1,5-8H2,2-3H3. The smallest absolute Gasteiger partial charge is 0.0899 e. The fraction of sp³-hybridized carbons (Fsp3) is 0.778. The van der Waals surface area contributed by atoms with E-state index in [0.29, 0.717) is 13.2 Å². The van der Waals surface area contributed by atoms with Gasteiger partial charge in [-0.25, -0.2) is 0 Å². The van der Waals surface area contributed by atoms with Crippen LogP contribution in [0.2, 0.25) is 0 Å². The molecular formula is C9H19NO2. The molecule has 0 saturated carbocycles. The Labute approximate surface area is 74.6 Å². The van der Waals surface area contributed by atoms with Gasteiger partial charge >= 0.3 is 0 Å². The second-order valence-corrected chi connectivity index (χ2v) is 2.95. The van der Waals surface area contributed by atoms with Gasteiger partial charge in [0.1, 0.15) is 0 Å². The summed E-state index contributed by atoms with van der Waals surface area (Å²) < 4.78 is 4.81. The minimum absolute atomic E-state index is 0.384. The fourth-order valence-corrected chi connectivity index (χ4v) is 1.01. The number of methoxy groups -OCH3 is 1. The second-order valence-electron chi connectivity index (χ2n) is 2.95. The SMILES string of the molecule is C=CCCN(C)CC(O)COC. The summed E-state index contributed by atoms with van der Waals surface area (Å²) in [5.74, 6) is 0. The van der Waals surface area contributed by atoms with Crippen molar-refractivity contribution in [2.24, 2.45) is 0 Å². The molecule has 0 spiro atoms. The van der Waals surface area contributed by atoms with Crippen LogP contribution in [-0.2, 0) is 4.74 Å². The summed E-state index contributed by atoms with van der Waals surface area (Å²) in [6.45, 7) is 5.62. The molecule has 0 saturated heterocycles. The fourth-order valence-electron chi connectivity index (χ4n) is 1.01. The van der Waals surface area contributed by atoms with E-state index >= 15 is 0 Å². The van der Waals surface area contributed by atoms with Gasteiger partial charge in [0.15, 0.2) is 0 Å². The quantitative estimate of drug-likeness (QED) is 0.569. The lowest BCUT2D eigenvalue weighted by Gasteiger charge is -2.19. The van der Waals surface area contributed by atoms with E-state index in [-0.39, 0.29) is 6.10 Å². The van der Waals surface area contributed by atoms with Crippen molar-refractivity contribution in [3.05, 3.63) is 12.7 Å². The van der Waals surface area contributed by atoms with Gasteiger partial charge in [-0.1, -0.05) is 6.08 Å². The summed E-state index contributed by atoms with van der Waals surface area (Å²) in [6.07, 6.45) is 2.44. The summed E-state index contributed by atoms with van der Waals surface area (Å²) in [4.78, 5) is 2.06. The van der Waals surface area contributed by atoms with Gasteiger partial charge in [0.2, 0.25) is 0 Å². The monoisotopic (exact) mass is 173 g/mol. The molecule has 3 heteroatoms. The highest BCUT2D eigenvalue weighted by molar-refractivity contribution is 4.69. The van der Waals surface area contributed by atoms with E-state index in [2.05, 4.69) is 11.5 Å². The van der Waals surface area contributed by atoms with Gasteiger partial charge in [-0.3, -0.25) is 0 Å². The van der Waals surface area contributed by atoms with Crippen LogP contribution in [0.25, 0.3) is 0 Å². The largest absolute Gasteiger partial charge is 0.389 e. The van der Waals surface area contributed by atoms with Crippen LogP contribution in [0.4, 0.5) is 0 Å². The Morgan fingerprint density at radius 1 is 1.67 bits per heavy atom. The van der Waals surface area contributed by atoms with Crippen LogP contribution < -0.4 is 0 Å². The third kappa shape index (κ3) is 6.34. The van der Waals surface area contributed by atoms with E-state index in [1.807, 2.05) is 13.1 Å². The molecule has 1 atom stereocenters. The molecule has 0 radical (unpaired) electrons. The van der Waals surface area contributed by atoms with Crippen LogP contribution in [0.15, 0.2) is 12.7 Å². The molecule has 0 amide bonds. The summed E-state index contributed by atoms with van der Waals surface area (Å²) in [7, 11) is 3.56. The predicted molar refractivity (Wildman–Crippen MR) is 50.2 cm³/mol. The van der Waals surface area contributed by atoms with Crippen LogP contribution in [0.1, 0.15) is 6.42 Å². The maximum Gasteiger partial charge on any atom is 0.0899 e. The highest BCUT2D eigenvalue weighted by Crippen LogP contribution is 1.92. The number of aliphatic hydroxyl groups is 1. The molecule has 0 fully saturated rings. The molecule has 0 rings (SSSR count). The molecule has 1 N–H and O–H groups in total. The zero-order chi connectivity index (χ0) is 9.40. The van der Waals surface area contributed by atoms with Gasteiger partial charge < -0.3 is 14.7 Å². The number of nitrogens with zero attached hydrogens (tertiary/aromatic N) is 1. The average Bonchev–Trinajstić information content (AvgIpc) is 2.01. The minimum Gasteiger partial charge on any atom is -0.389 e. The molecule has 0 aromatic rings.